The molecule has 3 rings (SSSR count). The van der Waals surface area contributed by atoms with Gasteiger partial charge in [-0.05, 0) is 64.3 Å². The normalized spacial score (nSPS) is 14.6. The van der Waals surface area contributed by atoms with Gasteiger partial charge in [-0.2, -0.15) is 0 Å². The Balaban J connectivity index is 0.00000182. The average molecular weight is 415 g/mol. The van der Waals surface area contributed by atoms with Gasteiger partial charge in [-0.25, -0.2) is 4.98 Å². The van der Waals surface area contributed by atoms with E-state index in [1.807, 2.05) is 6.07 Å². The van der Waals surface area contributed by atoms with Gasteiger partial charge in [0.2, 0.25) is 5.91 Å². The number of benzene rings is 1. The van der Waals surface area contributed by atoms with Crippen LogP contribution < -0.4 is 10.6 Å². The second kappa shape index (κ2) is 11.5. The zero-order chi connectivity index (χ0) is 17.6. The van der Waals surface area contributed by atoms with Crippen molar-refractivity contribution in [1.82, 2.24) is 20.2 Å². The molecule has 0 spiro atoms. The van der Waals surface area contributed by atoms with Crippen molar-refractivity contribution in [2.75, 3.05) is 19.6 Å². The fourth-order valence-corrected chi connectivity index (χ4v) is 3.75. The number of imidazole rings is 1. The van der Waals surface area contributed by atoms with Gasteiger partial charge in [0.25, 0.3) is 0 Å². The zero-order valence-electron chi connectivity index (χ0n) is 16.2. The first-order valence-corrected chi connectivity index (χ1v) is 9.58. The molecule has 0 aliphatic carbocycles. The quantitative estimate of drug-likeness (QED) is 0.721. The van der Waals surface area contributed by atoms with E-state index in [1.54, 1.807) is 0 Å². The molecule has 1 saturated heterocycles. The number of aromatic nitrogens is 2. The SMILES string of the molecule is CC(C)n1c(CCNC(=O)CCC2CCNCC2)nc2ccccc21.Cl.Cl. The predicted octanol–water partition coefficient (Wildman–Crippen LogP) is 3.90. The minimum absolute atomic E-state index is 0. The van der Waals surface area contributed by atoms with Crippen LogP contribution >= 0.6 is 24.8 Å². The lowest BCUT2D eigenvalue weighted by Gasteiger charge is -2.22. The predicted molar refractivity (Wildman–Crippen MR) is 116 cm³/mol. The smallest absolute Gasteiger partial charge is 0.220 e. The molecule has 5 nitrogen and oxygen atoms in total. The van der Waals surface area contributed by atoms with Gasteiger partial charge in [0.05, 0.1) is 11.0 Å². The number of nitrogens with zero attached hydrogens (tertiary/aromatic N) is 2. The van der Waals surface area contributed by atoms with Crippen molar-refractivity contribution < 1.29 is 4.79 Å². The highest BCUT2D eigenvalue weighted by Gasteiger charge is 2.15. The van der Waals surface area contributed by atoms with Gasteiger partial charge >= 0.3 is 0 Å². The highest BCUT2D eigenvalue weighted by Crippen LogP contribution is 2.21. The average Bonchev–Trinajstić information content (AvgIpc) is 2.99. The Bertz CT molecular complexity index is 711. The number of carbonyl (C=O) groups excluding carboxylic acids is 1. The number of rotatable bonds is 7. The van der Waals surface area contributed by atoms with E-state index in [9.17, 15) is 4.79 Å². The molecule has 0 atom stereocenters. The van der Waals surface area contributed by atoms with Crippen molar-refractivity contribution in [3.05, 3.63) is 30.1 Å². The number of halogens is 2. The van der Waals surface area contributed by atoms with E-state index in [0.29, 0.717) is 24.9 Å². The molecule has 152 valence electrons. The molecule has 2 heterocycles. The Hall–Kier alpha value is -1.30. The van der Waals surface area contributed by atoms with Crippen molar-refractivity contribution in [1.29, 1.82) is 0 Å². The van der Waals surface area contributed by atoms with E-state index in [2.05, 4.69) is 47.2 Å². The molecule has 0 saturated carbocycles. The number of para-hydroxylation sites is 2. The summed E-state index contributed by atoms with van der Waals surface area (Å²) < 4.78 is 2.27. The van der Waals surface area contributed by atoms with Crippen molar-refractivity contribution in [2.45, 2.75) is 52.0 Å². The summed E-state index contributed by atoms with van der Waals surface area (Å²) in [6.45, 7) is 7.20. The third-order valence-corrected chi connectivity index (χ3v) is 5.09. The van der Waals surface area contributed by atoms with Crippen LogP contribution in [0.15, 0.2) is 24.3 Å². The first-order valence-electron chi connectivity index (χ1n) is 9.58. The molecule has 1 aliphatic rings. The highest BCUT2D eigenvalue weighted by molar-refractivity contribution is 5.85. The fourth-order valence-electron chi connectivity index (χ4n) is 3.75. The Morgan fingerprint density at radius 3 is 2.67 bits per heavy atom. The topological polar surface area (TPSA) is 59.0 Å². The largest absolute Gasteiger partial charge is 0.356 e. The van der Waals surface area contributed by atoms with Gasteiger partial charge in [0.15, 0.2) is 0 Å². The Morgan fingerprint density at radius 2 is 1.96 bits per heavy atom. The zero-order valence-corrected chi connectivity index (χ0v) is 17.9. The first kappa shape index (κ1) is 23.7. The van der Waals surface area contributed by atoms with Crippen molar-refractivity contribution >= 4 is 41.8 Å². The molecule has 1 fully saturated rings. The van der Waals surface area contributed by atoms with Crippen LogP contribution in [0, 0.1) is 5.92 Å². The summed E-state index contributed by atoms with van der Waals surface area (Å²) in [6.07, 6.45) is 4.83. The Labute approximate surface area is 174 Å². The van der Waals surface area contributed by atoms with Crippen molar-refractivity contribution in [3.8, 4) is 0 Å². The van der Waals surface area contributed by atoms with E-state index in [0.717, 1.165) is 37.3 Å². The first-order chi connectivity index (χ1) is 12.1. The maximum atomic E-state index is 12.1. The summed E-state index contributed by atoms with van der Waals surface area (Å²) in [6, 6.07) is 8.60. The lowest BCUT2D eigenvalue weighted by molar-refractivity contribution is -0.121. The van der Waals surface area contributed by atoms with Crippen LogP contribution in [0.3, 0.4) is 0 Å². The molecular formula is C20H32Cl2N4O. The molecule has 0 bridgehead atoms. The second-order valence-corrected chi connectivity index (χ2v) is 7.31. The van der Waals surface area contributed by atoms with Gasteiger partial charge in [0, 0.05) is 25.4 Å². The Kier molecular flexibility index (Phi) is 10.1. The number of amides is 1. The molecule has 27 heavy (non-hydrogen) atoms. The lowest BCUT2D eigenvalue weighted by atomic mass is 9.93. The summed E-state index contributed by atoms with van der Waals surface area (Å²) >= 11 is 0. The van der Waals surface area contributed by atoms with Gasteiger partial charge in [-0.3, -0.25) is 4.79 Å². The number of hydrogen-bond acceptors (Lipinski definition) is 3. The molecule has 1 aromatic carbocycles. The van der Waals surface area contributed by atoms with E-state index >= 15 is 0 Å². The number of fused-ring (bicyclic) bond motifs is 1. The number of carbonyl (C=O) groups is 1. The molecule has 0 radical (unpaired) electrons. The minimum atomic E-state index is 0. The summed E-state index contributed by atoms with van der Waals surface area (Å²) in [4.78, 5) is 16.9. The van der Waals surface area contributed by atoms with E-state index < -0.39 is 0 Å². The molecule has 2 N–H and O–H groups in total. The lowest BCUT2D eigenvalue weighted by Crippen LogP contribution is -2.30. The van der Waals surface area contributed by atoms with Gasteiger partial charge in [0.1, 0.15) is 5.82 Å². The highest BCUT2D eigenvalue weighted by atomic mass is 35.5. The standard InChI is InChI=1S/C20H30N4O.2ClH/c1-15(2)24-18-6-4-3-5-17(18)23-19(24)11-14-22-20(25)8-7-16-9-12-21-13-10-16;;/h3-6,15-16,21H,7-14H2,1-2H3,(H,22,25);2*1H. The number of nitrogens with one attached hydrogen (secondary N) is 2. The number of piperidine rings is 1. The van der Waals surface area contributed by atoms with E-state index in [1.165, 1.54) is 18.4 Å². The van der Waals surface area contributed by atoms with Crippen LogP contribution in [0.25, 0.3) is 11.0 Å². The monoisotopic (exact) mass is 414 g/mol. The van der Waals surface area contributed by atoms with Gasteiger partial charge in [-0.1, -0.05) is 12.1 Å². The molecule has 1 aliphatic heterocycles. The van der Waals surface area contributed by atoms with E-state index in [-0.39, 0.29) is 30.7 Å². The second-order valence-electron chi connectivity index (χ2n) is 7.31. The molecular weight excluding hydrogens is 383 g/mol. The summed E-state index contributed by atoms with van der Waals surface area (Å²) in [5.74, 6) is 1.93. The third kappa shape index (κ3) is 6.37. The van der Waals surface area contributed by atoms with Crippen LogP contribution in [0.2, 0.25) is 0 Å². The maximum absolute atomic E-state index is 12.1. The summed E-state index contributed by atoms with van der Waals surface area (Å²) in [7, 11) is 0. The number of hydrogen-bond donors (Lipinski definition) is 2. The molecule has 7 heteroatoms. The summed E-state index contributed by atoms with van der Waals surface area (Å²) in [5.41, 5.74) is 2.20. The van der Waals surface area contributed by atoms with Crippen LogP contribution in [-0.2, 0) is 11.2 Å². The van der Waals surface area contributed by atoms with Gasteiger partial charge < -0.3 is 15.2 Å². The molecule has 2 aromatic rings. The fraction of sp³-hybridized carbons (Fsp3) is 0.600. The van der Waals surface area contributed by atoms with Crippen LogP contribution in [0.5, 0.6) is 0 Å². The molecule has 1 aromatic heterocycles. The minimum Gasteiger partial charge on any atom is -0.356 e. The van der Waals surface area contributed by atoms with Crippen molar-refractivity contribution in [2.24, 2.45) is 5.92 Å². The van der Waals surface area contributed by atoms with Gasteiger partial charge in [-0.15, -0.1) is 24.8 Å². The van der Waals surface area contributed by atoms with Crippen molar-refractivity contribution in [3.63, 3.8) is 0 Å². The molecule has 0 unspecified atom stereocenters. The molecule has 1 amide bonds. The van der Waals surface area contributed by atoms with E-state index in [4.69, 9.17) is 4.98 Å². The maximum Gasteiger partial charge on any atom is 0.220 e. The summed E-state index contributed by atoms with van der Waals surface area (Å²) in [5, 5.41) is 6.44. The van der Waals surface area contributed by atoms with Crippen LogP contribution in [0.1, 0.15) is 51.4 Å². The third-order valence-electron chi connectivity index (χ3n) is 5.09. The van der Waals surface area contributed by atoms with Crippen LogP contribution in [0.4, 0.5) is 0 Å². The van der Waals surface area contributed by atoms with Crippen LogP contribution in [-0.4, -0.2) is 35.1 Å². The Morgan fingerprint density at radius 1 is 1.26 bits per heavy atom.